The molecule has 4 heterocycles. The number of furan rings is 2. The molecule has 0 N–H and O–H groups in total. The van der Waals surface area contributed by atoms with E-state index in [1.807, 2.05) is 104 Å². The molecule has 219 valence electrons. The largest absolute Gasteiger partial charge is 1.00 e. The van der Waals surface area contributed by atoms with Gasteiger partial charge in [0.05, 0.1) is 0 Å². The Labute approximate surface area is 304 Å². The number of hydrogen-bond acceptors (Lipinski definition) is 8. The number of thiocarbonyl (C=S) groups is 4. The van der Waals surface area contributed by atoms with Crippen LogP contribution in [0.5, 0.6) is 0 Å². The van der Waals surface area contributed by atoms with Gasteiger partial charge in [-0.15, -0.1) is 0 Å². The van der Waals surface area contributed by atoms with E-state index >= 15 is 0 Å². The third kappa shape index (κ3) is 8.34. The van der Waals surface area contributed by atoms with Crippen LogP contribution in [-0.4, -0.2) is 57.7 Å². The van der Waals surface area contributed by atoms with Crippen LogP contribution in [0.4, 0.5) is 0 Å². The van der Waals surface area contributed by atoms with Gasteiger partial charge < -0.3 is 19.7 Å². The monoisotopic (exact) mass is 667 g/mol. The molecule has 2 aliphatic rings. The summed E-state index contributed by atoms with van der Waals surface area (Å²) in [6.45, 7) is 5.42. The summed E-state index contributed by atoms with van der Waals surface area (Å²) in [5.74, 6) is 3.76. The molecule has 1 atom stereocenters. The Morgan fingerprint density at radius 1 is 0.727 bits per heavy atom. The average Bonchev–Trinajstić information content (AvgIpc) is 3.78. The van der Waals surface area contributed by atoms with E-state index in [4.69, 9.17) is 67.2 Å². The topological polar surface area (TPSA) is 51.2 Å². The van der Waals surface area contributed by atoms with Crippen molar-refractivity contribution in [1.82, 2.24) is 9.80 Å². The predicted octanol–water partition coefficient (Wildman–Crippen LogP) is 4.81. The summed E-state index contributed by atoms with van der Waals surface area (Å²) < 4.78 is 22.9. The molecule has 0 aliphatic carbocycles. The minimum absolute atomic E-state index is 0. The van der Waals surface area contributed by atoms with Gasteiger partial charge in [-0.05, 0) is 62.5 Å². The van der Waals surface area contributed by atoms with Gasteiger partial charge in [-0.1, -0.05) is 85.1 Å². The molecule has 2 aliphatic heterocycles. The van der Waals surface area contributed by atoms with E-state index < -0.39 is 0 Å². The van der Waals surface area contributed by atoms with Crippen molar-refractivity contribution in [2.45, 2.75) is 26.4 Å². The Bertz CT molecular complexity index is 1650. The number of nitrogens with zero attached hydrogens (tertiary/aromatic N) is 2. The summed E-state index contributed by atoms with van der Waals surface area (Å²) in [7, 11) is 0. The van der Waals surface area contributed by atoms with E-state index in [1.54, 1.807) is 11.0 Å². The Hall–Kier alpha value is -2.64. The molecule has 12 heteroatoms. The molecule has 2 saturated heterocycles. The molecule has 2 aromatic heterocycles. The molecule has 0 saturated carbocycles. The van der Waals surface area contributed by atoms with Crippen LogP contribution in [-0.2, 0) is 15.9 Å². The minimum atomic E-state index is -0.206. The second-order valence-corrected chi connectivity index (χ2v) is 10.8. The van der Waals surface area contributed by atoms with Crippen LogP contribution in [0.15, 0.2) is 99.5 Å². The van der Waals surface area contributed by atoms with Gasteiger partial charge in [0.2, 0.25) is 0 Å². The van der Waals surface area contributed by atoms with Gasteiger partial charge in [0.25, 0.3) is 10.3 Å². The van der Waals surface area contributed by atoms with E-state index in [9.17, 15) is 0 Å². The van der Waals surface area contributed by atoms with E-state index in [0.29, 0.717) is 39.8 Å². The molecular formula is C32H29BN2NaO4S4. The van der Waals surface area contributed by atoms with Gasteiger partial charge in [-0.25, -0.2) is 0 Å². The summed E-state index contributed by atoms with van der Waals surface area (Å²) in [4.78, 5) is 4.95. The molecule has 6 nitrogen and oxygen atoms in total. The second-order valence-electron chi connectivity index (χ2n) is 9.29. The molecule has 44 heavy (non-hydrogen) atoms. The number of benzene rings is 2. The Morgan fingerprint density at radius 3 is 1.84 bits per heavy atom. The van der Waals surface area contributed by atoms with Crippen molar-refractivity contribution in [2.75, 3.05) is 13.1 Å². The van der Waals surface area contributed by atoms with Crippen molar-refractivity contribution < 1.29 is 49.3 Å². The normalized spacial score (nSPS) is 16.6. The maximum atomic E-state index is 5.88. The van der Waals surface area contributed by atoms with E-state index in [0.717, 1.165) is 39.9 Å². The van der Waals surface area contributed by atoms with Crippen LogP contribution in [0.1, 0.15) is 26.8 Å². The van der Waals surface area contributed by atoms with E-state index in [2.05, 4.69) is 0 Å². The maximum Gasteiger partial charge on any atom is 1.00 e. The molecule has 4 aromatic rings. The molecule has 2 fully saturated rings. The SMILES string of the molecule is CCN1C(=S)O/C(=C\c2ccc(-c3ccccc3)o2)C1=S.CCN1C(=S)OC(Cc2ccc(-c3ccccc3)o2)C1=S.[B].[H-].[Na+]. The van der Waals surface area contributed by atoms with Crippen molar-refractivity contribution in [3.05, 3.63) is 102 Å². The molecule has 0 amide bonds. The Kier molecular flexibility index (Phi) is 13.5. The van der Waals surface area contributed by atoms with Crippen molar-refractivity contribution in [3.8, 4) is 22.6 Å². The smallest absolute Gasteiger partial charge is 1.00 e. The van der Waals surface area contributed by atoms with Gasteiger partial charge in [0.15, 0.2) is 16.9 Å². The summed E-state index contributed by atoms with van der Waals surface area (Å²) in [5, 5.41) is 0.853. The molecule has 1 unspecified atom stereocenters. The number of hydrogen-bond donors (Lipinski definition) is 0. The molecular weight excluding hydrogens is 638 g/mol. The van der Waals surface area contributed by atoms with Gasteiger partial charge >= 0.3 is 29.6 Å². The number of likely N-dealkylation sites (N-methyl/N-ethyl adjacent to an activating group) is 2. The molecule has 0 bridgehead atoms. The van der Waals surface area contributed by atoms with Crippen LogP contribution in [0.2, 0.25) is 0 Å². The fraction of sp³-hybridized carbons (Fsp3) is 0.188. The predicted molar refractivity (Wildman–Crippen MR) is 188 cm³/mol. The molecule has 2 aromatic carbocycles. The zero-order valence-electron chi connectivity index (χ0n) is 25.6. The third-order valence-corrected chi connectivity index (χ3v) is 8.10. The van der Waals surface area contributed by atoms with Crippen molar-refractivity contribution in [3.63, 3.8) is 0 Å². The van der Waals surface area contributed by atoms with E-state index in [1.165, 1.54) is 0 Å². The zero-order chi connectivity index (χ0) is 29.6. The number of ether oxygens (including phenoxy) is 2. The van der Waals surface area contributed by atoms with Gasteiger partial charge in [0, 0.05) is 45.1 Å². The fourth-order valence-corrected chi connectivity index (χ4v) is 5.86. The van der Waals surface area contributed by atoms with Crippen LogP contribution < -0.4 is 29.6 Å². The summed E-state index contributed by atoms with van der Waals surface area (Å²) in [5.41, 5.74) is 2.09. The summed E-state index contributed by atoms with van der Waals surface area (Å²) >= 11 is 21.1. The van der Waals surface area contributed by atoms with E-state index in [-0.39, 0.29) is 45.5 Å². The first kappa shape index (κ1) is 35.8. The van der Waals surface area contributed by atoms with Gasteiger partial charge in [-0.3, -0.25) is 9.80 Å². The van der Waals surface area contributed by atoms with Crippen LogP contribution in [0.25, 0.3) is 28.7 Å². The molecule has 3 radical (unpaired) electrons. The van der Waals surface area contributed by atoms with Crippen LogP contribution >= 0.6 is 48.9 Å². The quantitative estimate of drug-likeness (QED) is 0.156. The number of rotatable bonds is 7. The minimum Gasteiger partial charge on any atom is -1.00 e. The first-order chi connectivity index (χ1) is 20.4. The maximum absolute atomic E-state index is 5.88. The third-order valence-electron chi connectivity index (χ3n) is 6.58. The van der Waals surface area contributed by atoms with Crippen molar-refractivity contribution >= 4 is 83.7 Å². The standard InChI is InChI=1S/C16H15NO2S2.C16H13NO2S2.B.Na.H/c2*1-2-17-15(20)14(19-16(17)21)10-12-8-9-13(18-12)11-6-4-3-5-7-11;;;/h3-9,14H,2,10H2,1H3;3-10H,2H2,1H3;;;/q;;;+1;-1/b;14-10-;;;. The molecule has 0 spiro atoms. The summed E-state index contributed by atoms with van der Waals surface area (Å²) in [6.07, 6.45) is 2.17. The van der Waals surface area contributed by atoms with Gasteiger partial charge in [0.1, 0.15) is 28.0 Å². The van der Waals surface area contributed by atoms with Crippen molar-refractivity contribution in [1.29, 1.82) is 0 Å². The first-order valence-electron chi connectivity index (χ1n) is 13.4. The average molecular weight is 668 g/mol. The Balaban J connectivity index is 0.000000294. The first-order valence-corrected chi connectivity index (χ1v) is 15.1. The summed E-state index contributed by atoms with van der Waals surface area (Å²) in [6, 6.07) is 27.7. The van der Waals surface area contributed by atoms with Crippen molar-refractivity contribution in [2.24, 2.45) is 0 Å². The fourth-order valence-electron chi connectivity index (χ4n) is 4.43. The van der Waals surface area contributed by atoms with Crippen LogP contribution in [0, 0.1) is 0 Å². The Morgan fingerprint density at radius 2 is 1.30 bits per heavy atom. The zero-order valence-corrected chi connectivity index (χ0v) is 29.9. The van der Waals surface area contributed by atoms with Gasteiger partial charge in [-0.2, -0.15) is 0 Å². The molecule has 6 rings (SSSR count). The second kappa shape index (κ2) is 16.6. The van der Waals surface area contributed by atoms with Crippen LogP contribution in [0.3, 0.4) is 0 Å².